The molecule has 0 bridgehead atoms. The molecule has 1 saturated heterocycles. The third-order valence-corrected chi connectivity index (χ3v) is 4.37. The second-order valence-corrected chi connectivity index (χ2v) is 6.03. The van der Waals surface area contributed by atoms with Crippen LogP contribution in [0.3, 0.4) is 0 Å². The van der Waals surface area contributed by atoms with Gasteiger partial charge in [0.2, 0.25) is 11.8 Å². The van der Waals surface area contributed by atoms with Crippen LogP contribution in [-0.4, -0.2) is 43.0 Å². The zero-order chi connectivity index (χ0) is 15.5. The molecule has 2 amide bonds. The van der Waals surface area contributed by atoms with Gasteiger partial charge in [-0.25, -0.2) is 0 Å². The molecule has 1 saturated carbocycles. The number of nitrogens with zero attached hydrogens (tertiary/aromatic N) is 1. The monoisotopic (exact) mass is 302 g/mol. The minimum atomic E-state index is -0.313. The van der Waals surface area contributed by atoms with Crippen molar-refractivity contribution in [1.29, 1.82) is 0 Å². The van der Waals surface area contributed by atoms with E-state index in [1.54, 1.807) is 12.0 Å². The number of ether oxygens (including phenoxy) is 1. The molecule has 0 unspecified atom stereocenters. The molecule has 1 aliphatic heterocycles. The van der Waals surface area contributed by atoms with Crippen molar-refractivity contribution in [3.8, 4) is 0 Å². The van der Waals surface area contributed by atoms with Gasteiger partial charge in [0, 0.05) is 26.1 Å². The molecule has 0 aromatic heterocycles. The average molecular weight is 302 g/mol. The first-order valence-electron chi connectivity index (χ1n) is 7.84. The lowest BCUT2D eigenvalue weighted by molar-refractivity contribution is -0.129. The summed E-state index contributed by atoms with van der Waals surface area (Å²) in [6.07, 6.45) is 2.38. The maximum Gasteiger partial charge on any atom is 0.226 e. The summed E-state index contributed by atoms with van der Waals surface area (Å²) in [7, 11) is 1.62. The first-order valence-corrected chi connectivity index (χ1v) is 7.84. The standard InChI is InChI=1S/C17H22N2O3/c1-22-10-9-19-15(20)11-14(17(21)18-13-7-8-13)16(19)12-5-3-2-4-6-12/h2-6,13-14,16H,7-11H2,1H3,(H,18,21)/t14-,16+/m1/s1. The average Bonchev–Trinajstić information content (AvgIpc) is 3.28. The Hall–Kier alpha value is -1.88. The van der Waals surface area contributed by atoms with Crippen LogP contribution in [0.4, 0.5) is 0 Å². The fraction of sp³-hybridized carbons (Fsp3) is 0.529. The zero-order valence-electron chi connectivity index (χ0n) is 12.8. The molecule has 0 spiro atoms. The molecule has 2 fully saturated rings. The van der Waals surface area contributed by atoms with Crippen LogP contribution in [-0.2, 0) is 14.3 Å². The highest BCUT2D eigenvalue weighted by Gasteiger charge is 2.45. The van der Waals surface area contributed by atoms with Crippen LogP contribution in [0.15, 0.2) is 30.3 Å². The normalized spacial score (nSPS) is 24.6. The van der Waals surface area contributed by atoms with Gasteiger partial charge in [-0.1, -0.05) is 30.3 Å². The molecule has 22 heavy (non-hydrogen) atoms. The molecule has 5 nitrogen and oxygen atoms in total. The number of hydrogen-bond donors (Lipinski definition) is 1. The van der Waals surface area contributed by atoms with E-state index in [-0.39, 0.29) is 30.2 Å². The van der Waals surface area contributed by atoms with Crippen LogP contribution in [0.5, 0.6) is 0 Å². The molecule has 1 aromatic carbocycles. The Morgan fingerprint density at radius 3 is 2.68 bits per heavy atom. The summed E-state index contributed by atoms with van der Waals surface area (Å²) < 4.78 is 5.11. The highest BCUT2D eigenvalue weighted by atomic mass is 16.5. The third-order valence-electron chi connectivity index (χ3n) is 4.37. The lowest BCUT2D eigenvalue weighted by atomic mass is 9.92. The van der Waals surface area contributed by atoms with Gasteiger partial charge in [-0.3, -0.25) is 9.59 Å². The number of methoxy groups -OCH3 is 1. The number of benzene rings is 1. The van der Waals surface area contributed by atoms with Crippen LogP contribution >= 0.6 is 0 Å². The number of carbonyl (C=O) groups is 2. The fourth-order valence-electron chi connectivity index (χ4n) is 3.08. The molecule has 0 radical (unpaired) electrons. The maximum absolute atomic E-state index is 12.5. The topological polar surface area (TPSA) is 58.6 Å². The van der Waals surface area contributed by atoms with E-state index in [0.717, 1.165) is 18.4 Å². The van der Waals surface area contributed by atoms with Gasteiger partial charge in [-0.05, 0) is 18.4 Å². The van der Waals surface area contributed by atoms with Gasteiger partial charge in [-0.15, -0.1) is 0 Å². The summed E-state index contributed by atoms with van der Waals surface area (Å²) in [5.41, 5.74) is 1.01. The summed E-state index contributed by atoms with van der Waals surface area (Å²) in [4.78, 5) is 26.7. The van der Waals surface area contributed by atoms with Crippen LogP contribution in [0.2, 0.25) is 0 Å². The second kappa shape index (κ2) is 6.48. The van der Waals surface area contributed by atoms with E-state index in [2.05, 4.69) is 5.32 Å². The Morgan fingerprint density at radius 1 is 1.32 bits per heavy atom. The Balaban J connectivity index is 1.83. The minimum Gasteiger partial charge on any atom is -0.383 e. The van der Waals surface area contributed by atoms with E-state index >= 15 is 0 Å². The smallest absolute Gasteiger partial charge is 0.226 e. The molecule has 1 aromatic rings. The van der Waals surface area contributed by atoms with Crippen LogP contribution < -0.4 is 5.32 Å². The Kier molecular flexibility index (Phi) is 4.43. The van der Waals surface area contributed by atoms with Crippen molar-refractivity contribution in [3.63, 3.8) is 0 Å². The lowest BCUT2D eigenvalue weighted by Gasteiger charge is -2.28. The molecule has 2 atom stereocenters. The highest BCUT2D eigenvalue weighted by molar-refractivity contribution is 5.90. The van der Waals surface area contributed by atoms with E-state index in [4.69, 9.17) is 4.74 Å². The molecule has 2 aliphatic rings. The van der Waals surface area contributed by atoms with Crippen molar-refractivity contribution in [1.82, 2.24) is 10.2 Å². The van der Waals surface area contributed by atoms with Crippen molar-refractivity contribution >= 4 is 11.8 Å². The second-order valence-electron chi connectivity index (χ2n) is 6.03. The Labute approximate surface area is 130 Å². The van der Waals surface area contributed by atoms with E-state index in [1.165, 1.54) is 0 Å². The largest absolute Gasteiger partial charge is 0.383 e. The molecule has 1 aliphatic carbocycles. The van der Waals surface area contributed by atoms with Gasteiger partial charge in [0.05, 0.1) is 18.6 Å². The molecule has 1 N–H and O–H groups in total. The SMILES string of the molecule is COCCN1C(=O)C[C@@H](C(=O)NC2CC2)[C@@H]1c1ccccc1. The van der Waals surface area contributed by atoms with Gasteiger partial charge in [-0.2, -0.15) is 0 Å². The van der Waals surface area contributed by atoms with Gasteiger partial charge in [0.1, 0.15) is 0 Å². The van der Waals surface area contributed by atoms with Gasteiger partial charge in [0.25, 0.3) is 0 Å². The lowest BCUT2D eigenvalue weighted by Crippen LogP contribution is -2.37. The molecule has 5 heteroatoms. The predicted octanol–water partition coefficient (Wildman–Crippen LogP) is 1.50. The van der Waals surface area contributed by atoms with Crippen LogP contribution in [0, 0.1) is 5.92 Å². The third kappa shape index (κ3) is 3.14. The summed E-state index contributed by atoms with van der Waals surface area (Å²) in [5.74, 6) is -0.279. The minimum absolute atomic E-state index is 0.00428. The molecule has 3 rings (SSSR count). The van der Waals surface area contributed by atoms with E-state index in [9.17, 15) is 9.59 Å². The number of hydrogen-bond acceptors (Lipinski definition) is 3. The number of rotatable bonds is 6. The van der Waals surface area contributed by atoms with Gasteiger partial charge in [0.15, 0.2) is 0 Å². The Bertz CT molecular complexity index is 542. The number of amides is 2. The van der Waals surface area contributed by atoms with Gasteiger partial charge >= 0.3 is 0 Å². The van der Waals surface area contributed by atoms with E-state index in [1.807, 2.05) is 30.3 Å². The predicted molar refractivity (Wildman–Crippen MR) is 82.0 cm³/mol. The van der Waals surface area contributed by atoms with E-state index in [0.29, 0.717) is 19.2 Å². The summed E-state index contributed by atoms with van der Waals surface area (Å²) in [6, 6.07) is 9.93. The van der Waals surface area contributed by atoms with Crippen molar-refractivity contribution in [2.45, 2.75) is 31.3 Å². The van der Waals surface area contributed by atoms with Crippen LogP contribution in [0.25, 0.3) is 0 Å². The first-order chi connectivity index (χ1) is 10.7. The molecular weight excluding hydrogens is 280 g/mol. The summed E-state index contributed by atoms with van der Waals surface area (Å²) in [5, 5.41) is 3.04. The number of likely N-dealkylation sites (tertiary alicyclic amines) is 1. The number of nitrogens with one attached hydrogen (secondary N) is 1. The zero-order valence-corrected chi connectivity index (χ0v) is 12.8. The highest BCUT2D eigenvalue weighted by Crippen LogP contribution is 2.38. The van der Waals surface area contributed by atoms with Crippen molar-refractivity contribution < 1.29 is 14.3 Å². The van der Waals surface area contributed by atoms with Crippen molar-refractivity contribution in [2.24, 2.45) is 5.92 Å². The summed E-state index contributed by atoms with van der Waals surface area (Å²) >= 11 is 0. The Morgan fingerprint density at radius 2 is 2.05 bits per heavy atom. The fourth-order valence-corrected chi connectivity index (χ4v) is 3.08. The number of carbonyl (C=O) groups excluding carboxylic acids is 2. The van der Waals surface area contributed by atoms with Crippen molar-refractivity contribution in [2.75, 3.05) is 20.3 Å². The quantitative estimate of drug-likeness (QED) is 0.866. The molecule has 118 valence electrons. The van der Waals surface area contributed by atoms with Crippen molar-refractivity contribution in [3.05, 3.63) is 35.9 Å². The molecular formula is C17H22N2O3. The van der Waals surface area contributed by atoms with Gasteiger partial charge < -0.3 is 15.0 Å². The summed E-state index contributed by atoms with van der Waals surface area (Å²) in [6.45, 7) is 0.994. The first kappa shape index (κ1) is 15.0. The maximum atomic E-state index is 12.5. The van der Waals surface area contributed by atoms with E-state index < -0.39 is 0 Å². The molecule has 1 heterocycles. The van der Waals surface area contributed by atoms with Crippen LogP contribution in [0.1, 0.15) is 30.9 Å².